The number of aromatic hydroxyl groups is 2. The van der Waals surface area contributed by atoms with Crippen LogP contribution in [-0.4, -0.2) is 23.2 Å². The number of carbonyl (C=O) groups excluding carboxylic acids is 1. The van der Waals surface area contributed by atoms with Crippen LogP contribution in [0.3, 0.4) is 0 Å². The van der Waals surface area contributed by atoms with Gasteiger partial charge in [-0.05, 0) is 49.0 Å². The highest BCUT2D eigenvalue weighted by molar-refractivity contribution is 5.93. The van der Waals surface area contributed by atoms with E-state index in [9.17, 15) is 15.0 Å². The molecule has 0 radical (unpaired) electrons. The first-order valence-electron chi connectivity index (χ1n) is 12.1. The zero-order valence-electron chi connectivity index (χ0n) is 19.7. The largest absolute Gasteiger partial charge is 0.507 e. The molecule has 174 valence electrons. The van der Waals surface area contributed by atoms with Crippen LogP contribution in [0, 0.1) is 0 Å². The van der Waals surface area contributed by atoms with Gasteiger partial charge in [0.1, 0.15) is 11.5 Å². The number of para-hydroxylation sites is 2. The van der Waals surface area contributed by atoms with E-state index in [1.165, 1.54) is 25.7 Å². The molecule has 2 rings (SSSR count). The Hall–Kier alpha value is -2.75. The van der Waals surface area contributed by atoms with E-state index in [0.717, 1.165) is 60.8 Å². The summed E-state index contributed by atoms with van der Waals surface area (Å²) in [4.78, 5) is 11.2. The summed E-state index contributed by atoms with van der Waals surface area (Å²) in [5.41, 5.74) is 3.94. The SMILES string of the molecule is CCC(=C(CCCCCCCCCCC(=O)NC)c1ccccc1O)c1ccccc1O. The van der Waals surface area contributed by atoms with Gasteiger partial charge in [-0.25, -0.2) is 0 Å². The summed E-state index contributed by atoms with van der Waals surface area (Å²) in [6, 6.07) is 15.0. The third kappa shape index (κ3) is 8.07. The minimum Gasteiger partial charge on any atom is -0.507 e. The van der Waals surface area contributed by atoms with Crippen molar-refractivity contribution in [3.05, 3.63) is 59.7 Å². The average Bonchev–Trinajstić information content (AvgIpc) is 2.80. The Labute approximate surface area is 193 Å². The molecule has 2 aromatic carbocycles. The van der Waals surface area contributed by atoms with Gasteiger partial charge in [0.15, 0.2) is 0 Å². The maximum Gasteiger partial charge on any atom is 0.219 e. The topological polar surface area (TPSA) is 69.6 Å². The van der Waals surface area contributed by atoms with Crippen LogP contribution >= 0.6 is 0 Å². The molecule has 0 unspecified atom stereocenters. The maximum atomic E-state index is 11.2. The molecule has 2 aromatic rings. The van der Waals surface area contributed by atoms with Crippen molar-refractivity contribution in [2.45, 2.75) is 77.6 Å². The molecular weight excluding hydrogens is 398 g/mol. The second kappa shape index (κ2) is 14.3. The summed E-state index contributed by atoms with van der Waals surface area (Å²) in [6.07, 6.45) is 11.4. The number of amides is 1. The fourth-order valence-electron chi connectivity index (χ4n) is 4.25. The molecule has 0 atom stereocenters. The van der Waals surface area contributed by atoms with Gasteiger partial charge in [0.2, 0.25) is 5.91 Å². The highest BCUT2D eigenvalue weighted by Crippen LogP contribution is 2.39. The maximum absolute atomic E-state index is 11.2. The van der Waals surface area contributed by atoms with Gasteiger partial charge < -0.3 is 15.5 Å². The Morgan fingerprint density at radius 2 is 1.12 bits per heavy atom. The number of rotatable bonds is 14. The number of hydrogen-bond donors (Lipinski definition) is 3. The second-order valence-corrected chi connectivity index (χ2v) is 8.35. The van der Waals surface area contributed by atoms with Crippen LogP contribution in [0.25, 0.3) is 11.1 Å². The summed E-state index contributed by atoms with van der Waals surface area (Å²) in [5.74, 6) is 0.711. The van der Waals surface area contributed by atoms with Gasteiger partial charge in [0.05, 0.1) is 0 Å². The van der Waals surface area contributed by atoms with Crippen molar-refractivity contribution in [2.24, 2.45) is 0 Å². The Bertz CT molecular complexity index is 872. The van der Waals surface area contributed by atoms with Gasteiger partial charge in [-0.15, -0.1) is 0 Å². The van der Waals surface area contributed by atoms with E-state index >= 15 is 0 Å². The number of unbranched alkanes of at least 4 members (excludes halogenated alkanes) is 7. The minimum absolute atomic E-state index is 0.133. The fraction of sp³-hybridized carbons (Fsp3) is 0.464. The summed E-state index contributed by atoms with van der Waals surface area (Å²) < 4.78 is 0. The van der Waals surface area contributed by atoms with Gasteiger partial charge in [0.25, 0.3) is 0 Å². The average molecular weight is 438 g/mol. The molecule has 3 N–H and O–H groups in total. The predicted octanol–water partition coefficient (Wildman–Crippen LogP) is 7.07. The number of allylic oxidation sites excluding steroid dienone is 2. The quantitative estimate of drug-likeness (QED) is 0.219. The first kappa shape index (κ1) is 25.5. The Kier molecular flexibility index (Phi) is 11.4. The van der Waals surface area contributed by atoms with Crippen LogP contribution in [0.15, 0.2) is 48.5 Å². The lowest BCUT2D eigenvalue weighted by molar-refractivity contribution is -0.120. The van der Waals surface area contributed by atoms with Crippen LogP contribution in [0.1, 0.15) is 88.7 Å². The van der Waals surface area contributed by atoms with Crippen molar-refractivity contribution in [3.63, 3.8) is 0 Å². The summed E-state index contributed by atoms with van der Waals surface area (Å²) in [6.45, 7) is 2.10. The van der Waals surface area contributed by atoms with E-state index in [0.29, 0.717) is 12.2 Å². The fourth-order valence-corrected chi connectivity index (χ4v) is 4.25. The van der Waals surface area contributed by atoms with Crippen molar-refractivity contribution >= 4 is 17.1 Å². The van der Waals surface area contributed by atoms with Crippen molar-refractivity contribution in [1.82, 2.24) is 5.32 Å². The number of benzene rings is 2. The standard InChI is InChI=1S/C28H39NO3/c1-3-22(24-17-12-14-19-26(24)30)23(25-18-13-15-20-27(25)31)16-10-8-6-4-5-7-9-11-21-28(32)29-2/h12-15,17-20,30-31H,3-11,16,21H2,1-2H3,(H,29,32). The van der Waals surface area contributed by atoms with Crippen molar-refractivity contribution in [1.29, 1.82) is 0 Å². The van der Waals surface area contributed by atoms with Crippen LogP contribution < -0.4 is 5.32 Å². The molecule has 0 aliphatic rings. The molecule has 0 aromatic heterocycles. The Morgan fingerprint density at radius 3 is 1.59 bits per heavy atom. The van der Waals surface area contributed by atoms with Gasteiger partial charge in [-0.3, -0.25) is 4.79 Å². The van der Waals surface area contributed by atoms with Crippen LogP contribution in [0.5, 0.6) is 11.5 Å². The van der Waals surface area contributed by atoms with Crippen molar-refractivity contribution < 1.29 is 15.0 Å². The monoisotopic (exact) mass is 437 g/mol. The van der Waals surface area contributed by atoms with Crippen LogP contribution in [0.4, 0.5) is 0 Å². The second-order valence-electron chi connectivity index (χ2n) is 8.35. The lowest BCUT2D eigenvalue weighted by Crippen LogP contribution is -2.16. The number of phenolic OH excluding ortho intramolecular Hbond substituents is 2. The molecule has 0 saturated heterocycles. The first-order chi connectivity index (χ1) is 15.6. The molecule has 32 heavy (non-hydrogen) atoms. The van der Waals surface area contributed by atoms with Gasteiger partial charge in [0, 0.05) is 24.6 Å². The number of nitrogens with one attached hydrogen (secondary N) is 1. The normalized spacial score (nSPS) is 11.8. The Balaban J connectivity index is 1.93. The Morgan fingerprint density at radius 1 is 0.688 bits per heavy atom. The van der Waals surface area contributed by atoms with Gasteiger partial charge in [-0.1, -0.05) is 81.8 Å². The molecular formula is C28H39NO3. The zero-order chi connectivity index (χ0) is 23.2. The van der Waals surface area contributed by atoms with Gasteiger partial charge >= 0.3 is 0 Å². The molecule has 0 aliphatic carbocycles. The molecule has 0 saturated carbocycles. The smallest absolute Gasteiger partial charge is 0.219 e. The number of hydrogen-bond acceptors (Lipinski definition) is 3. The summed E-state index contributed by atoms with van der Waals surface area (Å²) in [5, 5.41) is 23.6. The van der Waals surface area contributed by atoms with Crippen LogP contribution in [-0.2, 0) is 4.79 Å². The summed E-state index contributed by atoms with van der Waals surface area (Å²) in [7, 11) is 1.69. The molecule has 1 amide bonds. The molecule has 0 bridgehead atoms. The number of carbonyl (C=O) groups is 1. The van der Waals surface area contributed by atoms with E-state index in [2.05, 4.69) is 12.2 Å². The molecule has 0 heterocycles. The van der Waals surface area contributed by atoms with Gasteiger partial charge in [-0.2, -0.15) is 0 Å². The number of phenols is 2. The van der Waals surface area contributed by atoms with E-state index in [-0.39, 0.29) is 11.7 Å². The van der Waals surface area contributed by atoms with E-state index in [4.69, 9.17) is 0 Å². The van der Waals surface area contributed by atoms with Crippen molar-refractivity contribution in [2.75, 3.05) is 7.05 Å². The molecule has 0 fully saturated rings. The molecule has 0 aliphatic heterocycles. The lowest BCUT2D eigenvalue weighted by atomic mass is 9.88. The van der Waals surface area contributed by atoms with E-state index in [1.54, 1.807) is 19.2 Å². The highest BCUT2D eigenvalue weighted by Gasteiger charge is 2.15. The lowest BCUT2D eigenvalue weighted by Gasteiger charge is -2.17. The summed E-state index contributed by atoms with van der Waals surface area (Å²) >= 11 is 0. The molecule has 0 spiro atoms. The van der Waals surface area contributed by atoms with E-state index < -0.39 is 0 Å². The first-order valence-corrected chi connectivity index (χ1v) is 12.1. The third-order valence-electron chi connectivity index (χ3n) is 6.04. The molecule has 4 heteroatoms. The van der Waals surface area contributed by atoms with E-state index in [1.807, 2.05) is 36.4 Å². The van der Waals surface area contributed by atoms with Crippen molar-refractivity contribution in [3.8, 4) is 11.5 Å². The predicted molar refractivity (Wildman–Crippen MR) is 134 cm³/mol. The third-order valence-corrected chi connectivity index (χ3v) is 6.04. The minimum atomic E-state index is 0.133. The highest BCUT2D eigenvalue weighted by atomic mass is 16.3. The van der Waals surface area contributed by atoms with Crippen LogP contribution in [0.2, 0.25) is 0 Å². The zero-order valence-corrected chi connectivity index (χ0v) is 19.7. The molecule has 4 nitrogen and oxygen atoms in total.